The zero-order valence-electron chi connectivity index (χ0n) is 12.6. The Morgan fingerprint density at radius 2 is 1.65 bits per heavy atom. The Bertz CT molecular complexity index is 417. The van der Waals surface area contributed by atoms with Crippen LogP contribution >= 0.6 is 0 Å². The van der Waals surface area contributed by atoms with Gasteiger partial charge in [-0.15, -0.1) is 0 Å². The van der Waals surface area contributed by atoms with E-state index in [0.29, 0.717) is 6.04 Å². The van der Waals surface area contributed by atoms with Crippen molar-refractivity contribution in [3.05, 3.63) is 24.3 Å². The van der Waals surface area contributed by atoms with E-state index in [9.17, 15) is 4.79 Å². The smallest absolute Gasteiger partial charge is 0.227 e. The lowest BCUT2D eigenvalue weighted by atomic mass is 10.1. The minimum atomic E-state index is 0.167. The molecule has 0 radical (unpaired) electrons. The molecule has 1 aromatic rings. The molecule has 2 rings (SSSR count). The van der Waals surface area contributed by atoms with Crippen LogP contribution in [0.25, 0.3) is 0 Å². The van der Waals surface area contributed by atoms with Crippen LogP contribution < -0.4 is 10.6 Å². The highest BCUT2D eigenvalue weighted by Gasteiger charge is 2.29. The highest BCUT2D eigenvalue weighted by molar-refractivity contribution is 5.94. The van der Waals surface area contributed by atoms with Gasteiger partial charge >= 0.3 is 0 Å². The Morgan fingerprint density at radius 1 is 1.10 bits per heavy atom. The van der Waals surface area contributed by atoms with Crippen molar-refractivity contribution >= 4 is 17.3 Å². The first-order valence-corrected chi connectivity index (χ1v) is 7.90. The van der Waals surface area contributed by atoms with Gasteiger partial charge in [-0.2, -0.15) is 0 Å². The molecule has 3 nitrogen and oxygen atoms in total. The molecule has 0 atom stereocenters. The minimum Gasteiger partial charge on any atom is -0.382 e. The molecular weight excluding hydrogens is 248 g/mol. The van der Waals surface area contributed by atoms with Gasteiger partial charge in [0.1, 0.15) is 0 Å². The van der Waals surface area contributed by atoms with Crippen LogP contribution in [0.2, 0.25) is 0 Å². The average Bonchev–Trinajstić information content (AvgIpc) is 3.26. The van der Waals surface area contributed by atoms with Crippen LogP contribution in [0.4, 0.5) is 11.4 Å². The molecule has 0 bridgehead atoms. The topological polar surface area (TPSA) is 41.1 Å². The van der Waals surface area contributed by atoms with E-state index in [-0.39, 0.29) is 11.8 Å². The summed E-state index contributed by atoms with van der Waals surface area (Å²) in [5, 5.41) is 6.55. The Morgan fingerprint density at radius 3 is 2.15 bits per heavy atom. The molecule has 0 aromatic heterocycles. The summed E-state index contributed by atoms with van der Waals surface area (Å²) in [5.74, 6) is 0.423. The van der Waals surface area contributed by atoms with Crippen LogP contribution in [-0.4, -0.2) is 11.9 Å². The van der Waals surface area contributed by atoms with Crippen molar-refractivity contribution in [2.24, 2.45) is 5.92 Å². The first-order chi connectivity index (χ1) is 9.72. The molecule has 1 aromatic carbocycles. The monoisotopic (exact) mass is 274 g/mol. The van der Waals surface area contributed by atoms with Gasteiger partial charge < -0.3 is 10.6 Å². The van der Waals surface area contributed by atoms with E-state index in [2.05, 4.69) is 36.6 Å². The summed E-state index contributed by atoms with van der Waals surface area (Å²) in [6, 6.07) is 8.63. The molecule has 1 fully saturated rings. The molecule has 20 heavy (non-hydrogen) atoms. The van der Waals surface area contributed by atoms with Crippen molar-refractivity contribution in [2.45, 2.75) is 58.4 Å². The van der Waals surface area contributed by atoms with Gasteiger partial charge in [-0.3, -0.25) is 4.79 Å². The van der Waals surface area contributed by atoms with E-state index >= 15 is 0 Å². The molecule has 0 spiro atoms. The second-order valence-electron chi connectivity index (χ2n) is 5.76. The third kappa shape index (κ3) is 4.55. The summed E-state index contributed by atoms with van der Waals surface area (Å²) in [6.07, 6.45) is 6.89. The average molecular weight is 274 g/mol. The third-order valence-electron chi connectivity index (χ3n) is 3.75. The SMILES string of the molecule is CCCC(CCC)Nc1ccc(NC(=O)C2CC2)cc1. The summed E-state index contributed by atoms with van der Waals surface area (Å²) >= 11 is 0. The predicted octanol–water partition coefficient (Wildman–Crippen LogP) is 4.42. The molecule has 0 unspecified atom stereocenters. The van der Waals surface area contributed by atoms with Crippen molar-refractivity contribution < 1.29 is 4.79 Å². The Labute approximate surface area is 122 Å². The lowest BCUT2D eigenvalue weighted by Crippen LogP contribution is -2.19. The van der Waals surface area contributed by atoms with Gasteiger partial charge in [0.15, 0.2) is 0 Å². The predicted molar refractivity (Wildman–Crippen MR) is 85.0 cm³/mol. The summed E-state index contributed by atoms with van der Waals surface area (Å²) in [6.45, 7) is 4.45. The van der Waals surface area contributed by atoms with Gasteiger partial charge in [-0.05, 0) is 49.9 Å². The second kappa shape index (κ2) is 7.32. The molecule has 110 valence electrons. The van der Waals surface area contributed by atoms with Crippen LogP contribution in [0.1, 0.15) is 52.4 Å². The van der Waals surface area contributed by atoms with Crippen molar-refractivity contribution in [1.82, 2.24) is 0 Å². The second-order valence-corrected chi connectivity index (χ2v) is 5.76. The van der Waals surface area contributed by atoms with E-state index < -0.39 is 0 Å². The molecule has 2 N–H and O–H groups in total. The molecule has 0 saturated heterocycles. The minimum absolute atomic E-state index is 0.167. The van der Waals surface area contributed by atoms with Crippen molar-refractivity contribution in [1.29, 1.82) is 0 Å². The van der Waals surface area contributed by atoms with Gasteiger partial charge in [-0.25, -0.2) is 0 Å². The standard InChI is InChI=1S/C17H26N2O/c1-3-5-14(6-4-2)18-15-9-11-16(12-10-15)19-17(20)13-7-8-13/h9-14,18H,3-8H2,1-2H3,(H,19,20). The molecule has 1 saturated carbocycles. The molecule has 0 heterocycles. The lowest BCUT2D eigenvalue weighted by molar-refractivity contribution is -0.117. The maximum atomic E-state index is 11.7. The van der Waals surface area contributed by atoms with Crippen molar-refractivity contribution in [2.75, 3.05) is 10.6 Å². The summed E-state index contributed by atoms with van der Waals surface area (Å²) in [7, 11) is 0. The third-order valence-corrected chi connectivity index (χ3v) is 3.75. The molecule has 1 amide bonds. The fraction of sp³-hybridized carbons (Fsp3) is 0.588. The van der Waals surface area contributed by atoms with E-state index in [1.54, 1.807) is 0 Å². The maximum Gasteiger partial charge on any atom is 0.227 e. The quantitative estimate of drug-likeness (QED) is 0.737. The number of amides is 1. The first-order valence-electron chi connectivity index (χ1n) is 7.90. The Kier molecular flexibility index (Phi) is 5.45. The maximum absolute atomic E-state index is 11.7. The van der Waals surface area contributed by atoms with Crippen molar-refractivity contribution in [3.63, 3.8) is 0 Å². The van der Waals surface area contributed by atoms with Crippen LogP contribution in [0.5, 0.6) is 0 Å². The number of carbonyl (C=O) groups excluding carboxylic acids is 1. The summed E-state index contributed by atoms with van der Waals surface area (Å²) in [5.41, 5.74) is 2.04. The van der Waals surface area contributed by atoms with Gasteiger partial charge in [0, 0.05) is 23.3 Å². The fourth-order valence-electron chi connectivity index (χ4n) is 2.46. The highest BCUT2D eigenvalue weighted by atomic mass is 16.2. The Hall–Kier alpha value is -1.51. The molecule has 1 aliphatic rings. The van der Waals surface area contributed by atoms with E-state index in [0.717, 1.165) is 24.2 Å². The zero-order valence-corrected chi connectivity index (χ0v) is 12.6. The van der Waals surface area contributed by atoms with E-state index in [4.69, 9.17) is 0 Å². The fourth-order valence-corrected chi connectivity index (χ4v) is 2.46. The van der Waals surface area contributed by atoms with Gasteiger partial charge in [-0.1, -0.05) is 26.7 Å². The summed E-state index contributed by atoms with van der Waals surface area (Å²) in [4.78, 5) is 11.7. The zero-order chi connectivity index (χ0) is 14.4. The number of carbonyl (C=O) groups is 1. The van der Waals surface area contributed by atoms with Gasteiger partial charge in [0.2, 0.25) is 5.91 Å². The number of benzene rings is 1. The van der Waals surface area contributed by atoms with E-state index in [1.165, 1.54) is 25.7 Å². The molecule has 1 aliphatic carbocycles. The van der Waals surface area contributed by atoms with Crippen LogP contribution in [-0.2, 0) is 4.79 Å². The number of anilines is 2. The Balaban J connectivity index is 1.87. The highest BCUT2D eigenvalue weighted by Crippen LogP contribution is 2.30. The number of rotatable bonds is 8. The van der Waals surface area contributed by atoms with Gasteiger partial charge in [0.05, 0.1) is 0 Å². The van der Waals surface area contributed by atoms with Gasteiger partial charge in [0.25, 0.3) is 0 Å². The largest absolute Gasteiger partial charge is 0.382 e. The number of nitrogens with one attached hydrogen (secondary N) is 2. The first kappa shape index (κ1) is 14.9. The molecule has 3 heteroatoms. The number of hydrogen-bond acceptors (Lipinski definition) is 2. The normalized spacial score (nSPS) is 14.3. The van der Waals surface area contributed by atoms with E-state index in [1.807, 2.05) is 12.1 Å². The molecule has 0 aliphatic heterocycles. The van der Waals surface area contributed by atoms with Crippen LogP contribution in [0.15, 0.2) is 24.3 Å². The molecular formula is C17H26N2O. The van der Waals surface area contributed by atoms with Crippen molar-refractivity contribution in [3.8, 4) is 0 Å². The summed E-state index contributed by atoms with van der Waals surface area (Å²) < 4.78 is 0. The van der Waals surface area contributed by atoms with Crippen LogP contribution in [0, 0.1) is 5.92 Å². The van der Waals surface area contributed by atoms with Crippen LogP contribution in [0.3, 0.4) is 0 Å². The lowest BCUT2D eigenvalue weighted by Gasteiger charge is -2.19. The number of hydrogen-bond donors (Lipinski definition) is 2.